The SMILES string of the molecule is CCOC(=O)c1c(NC(=O)c2cc(-c3ccc(OC)c(OC)c3)nc3ccccc23)sc2c1CC[C@@H](C)C2. The largest absolute Gasteiger partial charge is 0.493 e. The van der Waals surface area contributed by atoms with Gasteiger partial charge in [-0.25, -0.2) is 9.78 Å². The number of ether oxygens (including phenoxy) is 3. The van der Waals surface area contributed by atoms with Crippen molar-refractivity contribution in [3.05, 3.63) is 70.1 Å². The molecule has 5 rings (SSSR count). The Morgan fingerprint density at radius 2 is 1.87 bits per heavy atom. The molecule has 0 fully saturated rings. The summed E-state index contributed by atoms with van der Waals surface area (Å²) in [6.07, 6.45) is 2.70. The Labute approximate surface area is 225 Å². The molecule has 8 heteroatoms. The summed E-state index contributed by atoms with van der Waals surface area (Å²) in [4.78, 5) is 32.7. The van der Waals surface area contributed by atoms with Crippen LogP contribution in [0.25, 0.3) is 22.2 Å². The van der Waals surface area contributed by atoms with Crippen LogP contribution < -0.4 is 14.8 Å². The molecule has 1 N–H and O–H groups in total. The normalized spacial score (nSPS) is 14.6. The number of pyridine rings is 1. The number of hydrogen-bond donors (Lipinski definition) is 1. The molecule has 2 aromatic carbocycles. The van der Waals surface area contributed by atoms with E-state index in [4.69, 9.17) is 19.2 Å². The summed E-state index contributed by atoms with van der Waals surface area (Å²) in [5.41, 5.74) is 4.07. The van der Waals surface area contributed by atoms with Crippen molar-refractivity contribution in [1.82, 2.24) is 4.98 Å². The fourth-order valence-electron chi connectivity index (χ4n) is 4.94. The van der Waals surface area contributed by atoms with Gasteiger partial charge in [-0.05, 0) is 68.0 Å². The third-order valence-electron chi connectivity index (χ3n) is 6.86. The monoisotopic (exact) mass is 530 g/mol. The highest BCUT2D eigenvalue weighted by Gasteiger charge is 2.29. The van der Waals surface area contributed by atoms with E-state index in [0.29, 0.717) is 44.8 Å². The Morgan fingerprint density at radius 1 is 1.08 bits per heavy atom. The lowest BCUT2D eigenvalue weighted by atomic mass is 9.88. The molecule has 0 aliphatic heterocycles. The zero-order chi connectivity index (χ0) is 26.8. The minimum Gasteiger partial charge on any atom is -0.493 e. The van der Waals surface area contributed by atoms with E-state index >= 15 is 0 Å². The molecule has 4 aromatic rings. The maximum absolute atomic E-state index is 13.8. The van der Waals surface area contributed by atoms with Gasteiger partial charge in [-0.1, -0.05) is 25.1 Å². The van der Waals surface area contributed by atoms with Crippen molar-refractivity contribution < 1.29 is 23.8 Å². The van der Waals surface area contributed by atoms with Gasteiger partial charge in [0.25, 0.3) is 5.91 Å². The average Bonchev–Trinajstić information content (AvgIpc) is 3.28. The number of carbonyl (C=O) groups is 2. The Morgan fingerprint density at radius 3 is 2.63 bits per heavy atom. The molecule has 1 aliphatic carbocycles. The van der Waals surface area contributed by atoms with Crippen LogP contribution in [0.1, 0.15) is 51.4 Å². The van der Waals surface area contributed by atoms with Crippen LogP contribution in [-0.2, 0) is 17.6 Å². The number of nitrogens with zero attached hydrogens (tertiary/aromatic N) is 1. The molecular weight excluding hydrogens is 500 g/mol. The van der Waals surface area contributed by atoms with Gasteiger partial charge in [-0.15, -0.1) is 11.3 Å². The Bertz CT molecular complexity index is 1530. The molecule has 2 aromatic heterocycles. The maximum atomic E-state index is 13.8. The van der Waals surface area contributed by atoms with E-state index < -0.39 is 0 Å². The number of benzene rings is 2. The van der Waals surface area contributed by atoms with Crippen molar-refractivity contribution in [2.75, 3.05) is 26.1 Å². The molecule has 0 unspecified atom stereocenters. The number of aromatic nitrogens is 1. The number of rotatable bonds is 7. The predicted molar refractivity (Wildman–Crippen MR) is 150 cm³/mol. The first-order valence-corrected chi connectivity index (χ1v) is 13.5. The van der Waals surface area contributed by atoms with Gasteiger partial charge in [-0.3, -0.25) is 4.79 Å². The van der Waals surface area contributed by atoms with Crippen molar-refractivity contribution in [1.29, 1.82) is 0 Å². The van der Waals surface area contributed by atoms with Crippen LogP contribution in [0.2, 0.25) is 0 Å². The summed E-state index contributed by atoms with van der Waals surface area (Å²) in [7, 11) is 3.17. The summed E-state index contributed by atoms with van der Waals surface area (Å²) in [5, 5.41) is 4.32. The highest BCUT2D eigenvalue weighted by molar-refractivity contribution is 7.17. The number of nitrogens with one attached hydrogen (secondary N) is 1. The van der Waals surface area contributed by atoms with Gasteiger partial charge in [-0.2, -0.15) is 0 Å². The number of amides is 1. The molecule has 0 saturated carbocycles. The number of carbonyl (C=O) groups excluding carboxylic acids is 2. The Hall–Kier alpha value is -3.91. The summed E-state index contributed by atoms with van der Waals surface area (Å²) >= 11 is 1.48. The quantitative estimate of drug-likeness (QED) is 0.273. The second kappa shape index (κ2) is 10.8. The number of esters is 1. The van der Waals surface area contributed by atoms with E-state index in [1.165, 1.54) is 11.3 Å². The second-order valence-corrected chi connectivity index (χ2v) is 10.5. The lowest BCUT2D eigenvalue weighted by Crippen LogP contribution is -2.17. The summed E-state index contributed by atoms with van der Waals surface area (Å²) in [6, 6.07) is 14.8. The number of fused-ring (bicyclic) bond motifs is 2. The molecular formula is C30H30N2O5S. The number of methoxy groups -OCH3 is 2. The Balaban J connectivity index is 1.58. The lowest BCUT2D eigenvalue weighted by Gasteiger charge is -2.18. The van der Waals surface area contributed by atoms with E-state index in [9.17, 15) is 9.59 Å². The van der Waals surface area contributed by atoms with Crippen LogP contribution in [-0.4, -0.2) is 37.7 Å². The first kappa shape index (κ1) is 25.7. The van der Waals surface area contributed by atoms with Gasteiger partial charge in [0.15, 0.2) is 11.5 Å². The minimum absolute atomic E-state index is 0.275. The fourth-order valence-corrected chi connectivity index (χ4v) is 6.33. The summed E-state index contributed by atoms with van der Waals surface area (Å²) in [6.45, 7) is 4.27. The van der Waals surface area contributed by atoms with E-state index in [1.807, 2.05) is 42.5 Å². The van der Waals surface area contributed by atoms with Crippen LogP contribution in [0, 0.1) is 5.92 Å². The second-order valence-electron chi connectivity index (χ2n) is 9.37. The molecule has 0 saturated heterocycles. The third-order valence-corrected chi connectivity index (χ3v) is 8.03. The van der Waals surface area contributed by atoms with E-state index in [-0.39, 0.29) is 18.5 Å². The molecule has 1 amide bonds. The molecule has 38 heavy (non-hydrogen) atoms. The summed E-state index contributed by atoms with van der Waals surface area (Å²) < 4.78 is 16.2. The van der Waals surface area contributed by atoms with Crippen LogP contribution in [0.4, 0.5) is 5.00 Å². The molecule has 0 bridgehead atoms. The van der Waals surface area contributed by atoms with Gasteiger partial charge >= 0.3 is 5.97 Å². The molecule has 7 nitrogen and oxygen atoms in total. The first-order chi connectivity index (χ1) is 18.4. The van der Waals surface area contributed by atoms with E-state index in [2.05, 4.69) is 12.2 Å². The standard InChI is InChI=1S/C30H30N2O5S/c1-5-37-30(34)27-20-12-10-17(2)14-26(20)38-29(27)32-28(33)21-16-23(31-22-9-7-6-8-19(21)22)18-11-13-24(35-3)25(15-18)36-4/h6-9,11,13,15-17H,5,10,12,14H2,1-4H3,(H,32,33)/t17-/m1/s1. The van der Waals surface area contributed by atoms with Crippen LogP contribution in [0.3, 0.4) is 0 Å². The van der Waals surface area contributed by atoms with Crippen LogP contribution in [0.15, 0.2) is 48.5 Å². The van der Waals surface area contributed by atoms with E-state index in [0.717, 1.165) is 40.7 Å². The van der Waals surface area contributed by atoms with Gasteiger partial charge in [0.2, 0.25) is 0 Å². The van der Waals surface area contributed by atoms with Crippen molar-refractivity contribution in [2.45, 2.75) is 33.1 Å². The molecule has 196 valence electrons. The number of hydrogen-bond acceptors (Lipinski definition) is 7. The fraction of sp³-hybridized carbons (Fsp3) is 0.300. The van der Waals surface area contributed by atoms with Crippen molar-refractivity contribution in [3.8, 4) is 22.8 Å². The highest BCUT2D eigenvalue weighted by atomic mass is 32.1. The van der Waals surface area contributed by atoms with Gasteiger partial charge < -0.3 is 19.5 Å². The molecule has 2 heterocycles. The van der Waals surface area contributed by atoms with Gasteiger partial charge in [0, 0.05) is 15.8 Å². The van der Waals surface area contributed by atoms with Crippen molar-refractivity contribution >= 4 is 39.1 Å². The zero-order valence-electron chi connectivity index (χ0n) is 21.9. The molecule has 0 radical (unpaired) electrons. The number of anilines is 1. The third kappa shape index (κ3) is 4.84. The minimum atomic E-state index is -0.388. The first-order valence-electron chi connectivity index (χ1n) is 12.7. The topological polar surface area (TPSA) is 86.8 Å². The molecule has 1 aliphatic rings. The number of para-hydroxylation sites is 1. The molecule has 1 atom stereocenters. The van der Waals surface area contributed by atoms with Crippen molar-refractivity contribution in [2.24, 2.45) is 5.92 Å². The van der Waals surface area contributed by atoms with E-state index in [1.54, 1.807) is 27.2 Å². The summed E-state index contributed by atoms with van der Waals surface area (Å²) in [5.74, 6) is 1.02. The highest BCUT2D eigenvalue weighted by Crippen LogP contribution is 2.41. The molecule has 0 spiro atoms. The van der Waals surface area contributed by atoms with Crippen LogP contribution in [0.5, 0.6) is 11.5 Å². The smallest absolute Gasteiger partial charge is 0.341 e. The Kier molecular flexibility index (Phi) is 7.33. The van der Waals surface area contributed by atoms with Crippen molar-refractivity contribution in [3.63, 3.8) is 0 Å². The zero-order valence-corrected chi connectivity index (χ0v) is 22.7. The average molecular weight is 531 g/mol. The van der Waals surface area contributed by atoms with Crippen LogP contribution >= 0.6 is 11.3 Å². The lowest BCUT2D eigenvalue weighted by molar-refractivity contribution is 0.0526. The maximum Gasteiger partial charge on any atom is 0.341 e. The van der Waals surface area contributed by atoms with Gasteiger partial charge in [0.1, 0.15) is 5.00 Å². The number of thiophene rings is 1. The predicted octanol–water partition coefficient (Wildman–Crippen LogP) is 6.53. The van der Waals surface area contributed by atoms with Gasteiger partial charge in [0.05, 0.1) is 43.2 Å².